The molecule has 2 atom stereocenters. The van der Waals surface area contributed by atoms with Crippen molar-refractivity contribution in [2.45, 2.75) is 25.5 Å². The van der Waals surface area contributed by atoms with Crippen molar-refractivity contribution in [2.24, 2.45) is 5.14 Å². The predicted octanol–water partition coefficient (Wildman–Crippen LogP) is 2.51. The fourth-order valence-electron chi connectivity index (χ4n) is 1.44. The van der Waals surface area contributed by atoms with E-state index in [9.17, 15) is 9.35 Å². The first kappa shape index (κ1) is 15.6. The van der Waals surface area contributed by atoms with Gasteiger partial charge in [-0.25, -0.2) is 0 Å². The summed E-state index contributed by atoms with van der Waals surface area (Å²) in [7, 11) is 0. The number of nitrogens with one attached hydrogen (secondary N) is 1. The van der Waals surface area contributed by atoms with E-state index in [2.05, 4.69) is 5.32 Å². The molecule has 100 valence electrons. The van der Waals surface area contributed by atoms with E-state index in [-0.39, 0.29) is 11.2 Å². The maximum Gasteiger partial charge on any atom is 0.221 e. The highest BCUT2D eigenvalue weighted by Crippen LogP contribution is 2.30. The molecule has 0 bridgehead atoms. The van der Waals surface area contributed by atoms with E-state index >= 15 is 0 Å². The highest BCUT2D eigenvalue weighted by Gasteiger charge is 2.18. The molecule has 0 radical (unpaired) electrons. The topological polar surface area (TPSA) is 78.2 Å². The van der Waals surface area contributed by atoms with E-state index in [1.807, 2.05) is 0 Å². The summed E-state index contributed by atoms with van der Waals surface area (Å²) in [5.41, 5.74) is 1.21. The molecule has 1 aromatic rings. The van der Waals surface area contributed by atoms with Crippen molar-refractivity contribution in [1.82, 2.24) is 0 Å². The molecular weight excluding hydrogens is 295 g/mol. The molecule has 0 fully saturated rings. The summed E-state index contributed by atoms with van der Waals surface area (Å²) in [6.07, 6.45) is 0.418. The van der Waals surface area contributed by atoms with Crippen LogP contribution in [0.15, 0.2) is 12.1 Å². The number of hydrogen-bond donors (Lipinski definition) is 2. The Morgan fingerprint density at radius 3 is 2.39 bits per heavy atom. The van der Waals surface area contributed by atoms with Crippen molar-refractivity contribution in [3.05, 3.63) is 27.7 Å². The van der Waals surface area contributed by atoms with Crippen LogP contribution in [0.25, 0.3) is 0 Å². The molecule has 0 saturated carbocycles. The number of benzene rings is 1. The van der Waals surface area contributed by atoms with Crippen molar-refractivity contribution in [3.8, 4) is 0 Å². The van der Waals surface area contributed by atoms with Crippen molar-refractivity contribution in [1.29, 1.82) is 0 Å². The van der Waals surface area contributed by atoms with Gasteiger partial charge in [0.05, 0.1) is 0 Å². The zero-order chi connectivity index (χ0) is 13.9. The number of hydrogen-bond acceptors (Lipinski definition) is 3. The molecule has 0 heterocycles. The third-order valence-corrected chi connectivity index (χ3v) is 3.98. The van der Waals surface area contributed by atoms with Crippen molar-refractivity contribution in [2.75, 3.05) is 5.32 Å². The number of nitrogens with two attached hydrogens (primary N) is 1. The zero-order valence-corrected chi connectivity index (χ0v) is 12.3. The summed E-state index contributed by atoms with van der Waals surface area (Å²) in [5.74, 6) is -0.202. The van der Waals surface area contributed by atoms with Gasteiger partial charge in [0, 0.05) is 40.4 Å². The monoisotopic (exact) mass is 308 g/mol. The fraction of sp³-hybridized carbons (Fsp3) is 0.364. The minimum atomic E-state index is -1.43. The number of carbonyl (C=O) groups excluding carboxylic acids is 1. The average molecular weight is 309 g/mol. The van der Waals surface area contributed by atoms with E-state index in [0.29, 0.717) is 27.7 Å². The second-order valence-corrected chi connectivity index (χ2v) is 6.22. The summed E-state index contributed by atoms with van der Waals surface area (Å²) >= 11 is 10.8. The number of rotatable bonds is 4. The Hall–Kier alpha value is -0.460. The van der Waals surface area contributed by atoms with E-state index in [1.54, 1.807) is 19.1 Å². The maximum absolute atomic E-state index is 11.1. The minimum Gasteiger partial charge on any atom is -0.598 e. The Kier molecular flexibility index (Phi) is 5.75. The highest BCUT2D eigenvalue weighted by molar-refractivity contribution is 7.89. The predicted molar refractivity (Wildman–Crippen MR) is 76.3 cm³/mol. The summed E-state index contributed by atoms with van der Waals surface area (Å²) in [6, 6.07) is 3.21. The fourth-order valence-corrected chi connectivity index (χ4v) is 2.42. The SMILES string of the molecule is CC(=O)Nc1cc(Cl)c(CC(C)[S+](N)[O-])c(Cl)c1. The first-order chi connectivity index (χ1) is 8.31. The average Bonchev–Trinajstić information content (AvgIpc) is 2.21. The van der Waals surface area contributed by atoms with Gasteiger partial charge in [0.25, 0.3) is 0 Å². The second-order valence-electron chi connectivity index (χ2n) is 3.94. The Morgan fingerprint density at radius 1 is 1.50 bits per heavy atom. The lowest BCUT2D eigenvalue weighted by atomic mass is 10.1. The maximum atomic E-state index is 11.1. The molecule has 1 amide bonds. The normalized spacial score (nSPS) is 14.1. The van der Waals surface area contributed by atoms with E-state index in [4.69, 9.17) is 28.3 Å². The quantitative estimate of drug-likeness (QED) is 0.839. The highest BCUT2D eigenvalue weighted by atomic mass is 35.5. The third-order valence-electron chi connectivity index (χ3n) is 2.35. The van der Waals surface area contributed by atoms with Gasteiger partial charge in [-0.3, -0.25) is 4.79 Å². The summed E-state index contributed by atoms with van der Waals surface area (Å²) in [5, 5.41) is 8.50. The van der Waals surface area contributed by atoms with Gasteiger partial charge >= 0.3 is 0 Å². The Bertz CT molecular complexity index is 432. The van der Waals surface area contributed by atoms with Crippen LogP contribution < -0.4 is 10.5 Å². The molecule has 18 heavy (non-hydrogen) atoms. The van der Waals surface area contributed by atoms with Crippen LogP contribution in [0.3, 0.4) is 0 Å². The van der Waals surface area contributed by atoms with Crippen LogP contribution in [0.1, 0.15) is 19.4 Å². The van der Waals surface area contributed by atoms with Gasteiger partial charge in [-0.2, -0.15) is 5.14 Å². The first-order valence-electron chi connectivity index (χ1n) is 5.21. The Labute approximate surface area is 119 Å². The molecule has 0 aliphatic carbocycles. The summed E-state index contributed by atoms with van der Waals surface area (Å²) in [4.78, 5) is 10.9. The van der Waals surface area contributed by atoms with Gasteiger partial charge in [0.1, 0.15) is 5.25 Å². The third kappa shape index (κ3) is 4.33. The minimum absolute atomic E-state index is 0.202. The van der Waals surface area contributed by atoms with Crippen LogP contribution >= 0.6 is 23.2 Å². The van der Waals surface area contributed by atoms with Crippen molar-refractivity contribution < 1.29 is 9.35 Å². The van der Waals surface area contributed by atoms with Gasteiger partial charge in [-0.1, -0.05) is 23.2 Å². The van der Waals surface area contributed by atoms with Gasteiger partial charge in [-0.15, -0.1) is 0 Å². The van der Waals surface area contributed by atoms with E-state index in [0.717, 1.165) is 0 Å². The number of halogens is 2. The van der Waals surface area contributed by atoms with Gasteiger partial charge in [-0.05, 0) is 24.6 Å². The molecule has 2 unspecified atom stereocenters. The molecular formula is C11H14Cl2N2O2S. The zero-order valence-electron chi connectivity index (χ0n) is 10.00. The van der Waals surface area contributed by atoms with Crippen molar-refractivity contribution >= 4 is 46.2 Å². The number of amides is 1. The largest absolute Gasteiger partial charge is 0.598 e. The van der Waals surface area contributed by atoms with Gasteiger partial charge in [0.2, 0.25) is 5.91 Å². The molecule has 0 aromatic heterocycles. The van der Waals surface area contributed by atoms with Gasteiger partial charge < -0.3 is 9.87 Å². The summed E-state index contributed by atoms with van der Waals surface area (Å²) in [6.45, 7) is 3.15. The Balaban J connectivity index is 2.97. The molecule has 3 N–H and O–H groups in total. The first-order valence-corrected chi connectivity index (χ1v) is 7.25. The van der Waals surface area contributed by atoms with E-state index < -0.39 is 11.4 Å². The van der Waals surface area contributed by atoms with Crippen LogP contribution in [0.2, 0.25) is 10.0 Å². The molecule has 1 rings (SSSR count). The van der Waals surface area contributed by atoms with Crippen LogP contribution in [-0.4, -0.2) is 15.7 Å². The number of anilines is 1. The second kappa shape index (κ2) is 6.63. The molecule has 4 nitrogen and oxygen atoms in total. The van der Waals surface area contributed by atoms with Crippen LogP contribution in [0.5, 0.6) is 0 Å². The lowest BCUT2D eigenvalue weighted by Gasteiger charge is -2.15. The molecule has 7 heteroatoms. The van der Waals surface area contributed by atoms with Crippen LogP contribution in [0, 0.1) is 0 Å². The lowest BCUT2D eigenvalue weighted by molar-refractivity contribution is -0.114. The molecule has 0 spiro atoms. The summed E-state index contributed by atoms with van der Waals surface area (Å²) < 4.78 is 11.1. The van der Waals surface area contributed by atoms with Gasteiger partial charge in [0.15, 0.2) is 0 Å². The molecule has 0 aliphatic heterocycles. The van der Waals surface area contributed by atoms with E-state index in [1.165, 1.54) is 6.92 Å². The Morgan fingerprint density at radius 2 is 2.00 bits per heavy atom. The smallest absolute Gasteiger partial charge is 0.221 e. The molecule has 0 aliphatic rings. The van der Waals surface area contributed by atoms with Crippen LogP contribution in [0.4, 0.5) is 5.69 Å². The molecule has 1 aromatic carbocycles. The standard InChI is InChI=1S/C11H14Cl2N2O2S/c1-6(18(14)17)3-9-10(12)4-8(5-11(9)13)15-7(2)16/h4-6H,3,14H2,1-2H3,(H,15,16). The molecule has 0 saturated heterocycles. The lowest BCUT2D eigenvalue weighted by Crippen LogP contribution is -2.27. The van der Waals surface area contributed by atoms with Crippen molar-refractivity contribution in [3.63, 3.8) is 0 Å². The van der Waals surface area contributed by atoms with Crippen LogP contribution in [-0.2, 0) is 22.6 Å². The number of carbonyl (C=O) groups is 1.